The van der Waals surface area contributed by atoms with Gasteiger partial charge in [0, 0.05) is 10.0 Å². The van der Waals surface area contributed by atoms with Crippen molar-refractivity contribution in [2.24, 2.45) is 4.99 Å². The number of aliphatic hydroxyl groups is 1. The zero-order valence-corrected chi connectivity index (χ0v) is 24.0. The Hall–Kier alpha value is -3.82. The predicted molar refractivity (Wildman–Crippen MR) is 156 cm³/mol. The maximum absolute atomic E-state index is 12.8. The zero-order chi connectivity index (χ0) is 27.9. The van der Waals surface area contributed by atoms with Gasteiger partial charge in [-0.05, 0) is 55.3 Å². The lowest BCUT2D eigenvalue weighted by Gasteiger charge is -2.13. The van der Waals surface area contributed by atoms with Crippen LogP contribution in [0.15, 0.2) is 92.4 Å². The van der Waals surface area contributed by atoms with E-state index in [1.165, 1.54) is 7.11 Å². The van der Waals surface area contributed by atoms with E-state index in [0.29, 0.717) is 38.6 Å². The van der Waals surface area contributed by atoms with E-state index >= 15 is 0 Å². The normalized spacial score (nSPS) is 15.1. The predicted octanol–water partition coefficient (Wildman–Crippen LogP) is 7.05. The Morgan fingerprint density at radius 1 is 1.05 bits per heavy atom. The van der Waals surface area contributed by atoms with E-state index < -0.39 is 11.9 Å². The van der Waals surface area contributed by atoms with Gasteiger partial charge in [-0.3, -0.25) is 4.79 Å². The maximum atomic E-state index is 12.8. The molecule has 0 aromatic heterocycles. The highest BCUT2D eigenvalue weighted by molar-refractivity contribution is 9.10. The molecule has 1 aliphatic rings. The van der Waals surface area contributed by atoms with Crippen LogP contribution in [0, 0.1) is 6.92 Å². The SMILES string of the molecule is CCOC(=O)C1=C(O)/C(=C/c2cc(OC)c(OCc3ccccc3)cc2Br)SC1=NC(=O)c1ccc(C)cc1. The molecule has 0 bridgehead atoms. The second kappa shape index (κ2) is 12.8. The molecule has 39 heavy (non-hydrogen) atoms. The number of thioether (sulfide) groups is 1. The molecule has 0 saturated carbocycles. The number of carbonyl (C=O) groups is 2. The molecule has 0 saturated heterocycles. The first-order valence-electron chi connectivity index (χ1n) is 12.0. The fourth-order valence-electron chi connectivity index (χ4n) is 3.66. The summed E-state index contributed by atoms with van der Waals surface area (Å²) >= 11 is 4.57. The second-order valence-corrected chi connectivity index (χ2v) is 10.3. The largest absolute Gasteiger partial charge is 0.506 e. The van der Waals surface area contributed by atoms with Gasteiger partial charge in [0.2, 0.25) is 0 Å². The van der Waals surface area contributed by atoms with E-state index in [1.54, 1.807) is 49.4 Å². The van der Waals surface area contributed by atoms with Crippen LogP contribution in [0.2, 0.25) is 0 Å². The van der Waals surface area contributed by atoms with E-state index in [0.717, 1.165) is 22.9 Å². The summed E-state index contributed by atoms with van der Waals surface area (Å²) in [5, 5.41) is 11.1. The Bertz CT molecular complexity index is 1480. The molecule has 0 atom stereocenters. The summed E-state index contributed by atoms with van der Waals surface area (Å²) < 4.78 is 17.3. The molecule has 1 N–H and O–H groups in total. The number of esters is 1. The second-order valence-electron chi connectivity index (χ2n) is 8.44. The van der Waals surface area contributed by atoms with Gasteiger partial charge in [-0.15, -0.1) is 0 Å². The number of carbonyl (C=O) groups excluding carboxylic acids is 2. The maximum Gasteiger partial charge on any atom is 0.344 e. The van der Waals surface area contributed by atoms with Gasteiger partial charge in [0.05, 0.1) is 18.6 Å². The number of benzene rings is 3. The van der Waals surface area contributed by atoms with Crippen LogP contribution in [0.4, 0.5) is 0 Å². The average Bonchev–Trinajstić information content (AvgIpc) is 3.23. The first-order valence-corrected chi connectivity index (χ1v) is 13.7. The summed E-state index contributed by atoms with van der Waals surface area (Å²) in [5.74, 6) is -0.586. The van der Waals surface area contributed by atoms with E-state index in [4.69, 9.17) is 14.2 Å². The van der Waals surface area contributed by atoms with Crippen LogP contribution in [0.25, 0.3) is 6.08 Å². The lowest BCUT2D eigenvalue weighted by atomic mass is 10.1. The van der Waals surface area contributed by atoms with Crippen LogP contribution < -0.4 is 9.47 Å². The summed E-state index contributed by atoms with van der Waals surface area (Å²) in [6.45, 7) is 4.04. The number of nitrogens with zero attached hydrogens (tertiary/aromatic N) is 1. The average molecular weight is 609 g/mol. The van der Waals surface area contributed by atoms with Gasteiger partial charge >= 0.3 is 5.97 Å². The third-order valence-electron chi connectivity index (χ3n) is 5.68. The van der Waals surface area contributed by atoms with Crippen molar-refractivity contribution in [3.8, 4) is 11.5 Å². The number of aliphatic imine (C=N–C) groups is 1. The Labute approximate surface area is 239 Å². The molecule has 200 valence electrons. The minimum Gasteiger partial charge on any atom is -0.506 e. The highest BCUT2D eigenvalue weighted by atomic mass is 79.9. The summed E-state index contributed by atoms with van der Waals surface area (Å²) in [7, 11) is 1.54. The lowest BCUT2D eigenvalue weighted by molar-refractivity contribution is -0.138. The zero-order valence-electron chi connectivity index (χ0n) is 21.6. The molecule has 0 spiro atoms. The number of rotatable bonds is 8. The number of ether oxygens (including phenoxy) is 3. The Morgan fingerprint density at radius 3 is 2.44 bits per heavy atom. The number of hydrogen-bond donors (Lipinski definition) is 1. The van der Waals surface area contributed by atoms with Crippen molar-refractivity contribution in [3.05, 3.63) is 110 Å². The summed E-state index contributed by atoms with van der Waals surface area (Å²) in [6.07, 6.45) is 1.67. The van der Waals surface area contributed by atoms with Crippen LogP contribution in [0.3, 0.4) is 0 Å². The van der Waals surface area contributed by atoms with Gasteiger partial charge in [0.25, 0.3) is 5.91 Å². The van der Waals surface area contributed by atoms with Crippen molar-refractivity contribution in [2.75, 3.05) is 13.7 Å². The van der Waals surface area contributed by atoms with E-state index in [9.17, 15) is 14.7 Å². The van der Waals surface area contributed by atoms with Gasteiger partial charge in [-0.2, -0.15) is 0 Å². The number of aryl methyl sites for hydroxylation is 1. The molecule has 3 aromatic rings. The fraction of sp³-hybridized carbons (Fsp3) is 0.167. The standard InChI is InChI=1S/C30H26BrNO6S/c1-4-37-30(35)26-27(33)25(39-29(26)32-28(34)20-12-10-18(2)11-13-20)15-21-14-23(36-3)24(16-22(21)31)38-17-19-8-6-5-7-9-19/h5-16,33H,4,17H2,1-3H3/b25-15-,32-29?. The number of methoxy groups -OCH3 is 1. The fourth-order valence-corrected chi connectivity index (χ4v) is 5.10. The van der Waals surface area contributed by atoms with Crippen molar-refractivity contribution in [3.63, 3.8) is 0 Å². The lowest BCUT2D eigenvalue weighted by Crippen LogP contribution is -2.14. The van der Waals surface area contributed by atoms with Gasteiger partial charge in [-0.1, -0.05) is 75.7 Å². The molecule has 0 fully saturated rings. The molecule has 7 nitrogen and oxygen atoms in total. The molecule has 3 aromatic carbocycles. The van der Waals surface area contributed by atoms with Crippen molar-refractivity contribution >= 4 is 50.7 Å². The Morgan fingerprint density at radius 2 is 1.77 bits per heavy atom. The topological polar surface area (TPSA) is 94.4 Å². The summed E-state index contributed by atoms with van der Waals surface area (Å²) in [6, 6.07) is 20.2. The quantitative estimate of drug-likeness (QED) is 0.274. The minimum atomic E-state index is -0.761. The summed E-state index contributed by atoms with van der Waals surface area (Å²) in [5.41, 5.74) is 2.88. The molecule has 9 heteroatoms. The molecule has 0 aliphatic carbocycles. The van der Waals surface area contributed by atoms with Gasteiger partial charge in [0.15, 0.2) is 11.5 Å². The third kappa shape index (κ3) is 6.79. The number of amides is 1. The number of halogens is 1. The van der Waals surface area contributed by atoms with E-state index in [2.05, 4.69) is 20.9 Å². The monoisotopic (exact) mass is 607 g/mol. The minimum absolute atomic E-state index is 0.0636. The molecule has 1 aliphatic heterocycles. The molecular formula is C30H26BrNO6S. The first-order chi connectivity index (χ1) is 18.8. The van der Waals surface area contributed by atoms with Crippen molar-refractivity contribution in [2.45, 2.75) is 20.5 Å². The van der Waals surface area contributed by atoms with Gasteiger partial charge in [0.1, 0.15) is 23.0 Å². The Balaban J connectivity index is 1.66. The van der Waals surface area contributed by atoms with Crippen molar-refractivity contribution in [1.29, 1.82) is 0 Å². The molecule has 1 heterocycles. The van der Waals surface area contributed by atoms with Crippen molar-refractivity contribution < 1.29 is 28.9 Å². The number of aliphatic hydroxyl groups excluding tert-OH is 1. The van der Waals surface area contributed by atoms with Crippen LogP contribution in [-0.2, 0) is 16.1 Å². The van der Waals surface area contributed by atoms with E-state index in [1.807, 2.05) is 37.3 Å². The smallest absolute Gasteiger partial charge is 0.344 e. The van der Waals surface area contributed by atoms with Crippen LogP contribution in [0.5, 0.6) is 11.5 Å². The van der Waals surface area contributed by atoms with Crippen molar-refractivity contribution in [1.82, 2.24) is 0 Å². The molecule has 0 radical (unpaired) electrons. The van der Waals surface area contributed by atoms with Crippen LogP contribution in [-0.4, -0.2) is 35.7 Å². The molecule has 0 unspecified atom stereocenters. The molecule has 1 amide bonds. The highest BCUT2D eigenvalue weighted by Gasteiger charge is 2.34. The molecule has 4 rings (SSSR count). The Kier molecular flexibility index (Phi) is 9.27. The van der Waals surface area contributed by atoms with E-state index in [-0.39, 0.29) is 23.0 Å². The van der Waals surface area contributed by atoms with Crippen LogP contribution in [0.1, 0.15) is 34.0 Å². The van der Waals surface area contributed by atoms with Crippen LogP contribution >= 0.6 is 27.7 Å². The van der Waals surface area contributed by atoms with Gasteiger partial charge in [-0.25, -0.2) is 9.79 Å². The number of hydrogen-bond acceptors (Lipinski definition) is 7. The van der Waals surface area contributed by atoms with Gasteiger partial charge < -0.3 is 19.3 Å². The molecular weight excluding hydrogens is 582 g/mol. The summed E-state index contributed by atoms with van der Waals surface area (Å²) in [4.78, 5) is 30.0. The first kappa shape index (κ1) is 28.2. The highest BCUT2D eigenvalue weighted by Crippen LogP contribution is 2.42. The third-order valence-corrected chi connectivity index (χ3v) is 7.39.